The highest BCUT2D eigenvalue weighted by Crippen LogP contribution is 2.35. The first kappa shape index (κ1) is 14.9. The molecule has 6 nitrogen and oxygen atoms in total. The first-order chi connectivity index (χ1) is 11.7. The molecule has 0 spiro atoms. The molecule has 0 N–H and O–H groups in total. The number of amides is 1. The zero-order chi connectivity index (χ0) is 16.5. The van der Waals surface area contributed by atoms with E-state index >= 15 is 0 Å². The molecule has 1 saturated heterocycles. The first-order valence-electron chi connectivity index (χ1n) is 8.20. The lowest BCUT2D eigenvalue weighted by atomic mass is 10.1. The highest BCUT2D eigenvalue weighted by atomic mass is 16.6. The second kappa shape index (κ2) is 6.11. The van der Waals surface area contributed by atoms with Crippen molar-refractivity contribution >= 4 is 5.91 Å². The Hall–Kier alpha value is -2.63. The maximum atomic E-state index is 12.9. The molecular weight excluding hydrogens is 306 g/mol. The fourth-order valence-electron chi connectivity index (χ4n) is 3.23. The van der Waals surface area contributed by atoms with Gasteiger partial charge in [-0.1, -0.05) is 6.07 Å². The summed E-state index contributed by atoms with van der Waals surface area (Å²) in [7, 11) is 0. The molecule has 1 aromatic heterocycles. The molecule has 6 heteroatoms. The van der Waals surface area contributed by atoms with Gasteiger partial charge in [0.25, 0.3) is 5.91 Å². The zero-order valence-electron chi connectivity index (χ0n) is 13.6. The molecule has 1 aromatic carbocycles. The monoisotopic (exact) mass is 325 g/mol. The first-order valence-corrected chi connectivity index (χ1v) is 8.20. The summed E-state index contributed by atoms with van der Waals surface area (Å²) < 4.78 is 11.2. The van der Waals surface area contributed by atoms with Crippen LogP contribution in [0, 0.1) is 6.92 Å². The summed E-state index contributed by atoms with van der Waals surface area (Å²) >= 11 is 0. The van der Waals surface area contributed by atoms with E-state index in [4.69, 9.17) is 9.47 Å². The number of benzene rings is 1. The van der Waals surface area contributed by atoms with Gasteiger partial charge in [0.05, 0.1) is 5.56 Å². The third-order valence-corrected chi connectivity index (χ3v) is 4.45. The average molecular weight is 325 g/mol. The second-order valence-corrected chi connectivity index (χ2v) is 6.12. The lowest BCUT2D eigenvalue weighted by molar-refractivity contribution is 0.0780. The second-order valence-electron chi connectivity index (χ2n) is 6.12. The van der Waals surface area contributed by atoms with Crippen molar-refractivity contribution in [2.24, 2.45) is 0 Å². The van der Waals surface area contributed by atoms with Crippen molar-refractivity contribution in [1.29, 1.82) is 0 Å². The molecule has 2 aliphatic rings. The molecule has 2 aromatic rings. The number of likely N-dealkylation sites (tertiary alicyclic amines) is 1. The van der Waals surface area contributed by atoms with E-state index in [9.17, 15) is 4.79 Å². The number of rotatable bonds is 2. The van der Waals surface area contributed by atoms with Gasteiger partial charge in [-0.15, -0.1) is 0 Å². The Kier molecular flexibility index (Phi) is 3.80. The fraction of sp³-hybridized carbons (Fsp3) is 0.389. The highest BCUT2D eigenvalue weighted by molar-refractivity contribution is 5.98. The summed E-state index contributed by atoms with van der Waals surface area (Å²) in [6, 6.07) is 7.35. The summed E-state index contributed by atoms with van der Waals surface area (Å²) in [6.45, 7) is 4.27. The van der Waals surface area contributed by atoms with Gasteiger partial charge in [0.15, 0.2) is 11.5 Å². The normalized spacial score (nSPS) is 19.4. The number of hydrogen-bond donors (Lipinski definition) is 0. The van der Waals surface area contributed by atoms with Gasteiger partial charge in [-0.2, -0.15) is 0 Å². The largest absolute Gasteiger partial charge is 0.486 e. The fourth-order valence-corrected chi connectivity index (χ4v) is 3.23. The van der Waals surface area contributed by atoms with E-state index in [0.717, 1.165) is 17.9 Å². The van der Waals surface area contributed by atoms with Gasteiger partial charge in [-0.05, 0) is 31.5 Å². The summed E-state index contributed by atoms with van der Waals surface area (Å²) in [5.41, 5.74) is 1.52. The molecule has 0 unspecified atom stereocenters. The maximum absolute atomic E-state index is 12.9. The molecule has 24 heavy (non-hydrogen) atoms. The van der Waals surface area contributed by atoms with Gasteiger partial charge in [0, 0.05) is 30.9 Å². The molecule has 2 aliphatic heterocycles. The Bertz CT molecular complexity index is 778. The molecule has 0 radical (unpaired) electrons. The number of fused-ring (bicyclic) bond motifs is 1. The van der Waals surface area contributed by atoms with Crippen LogP contribution in [0.3, 0.4) is 0 Å². The van der Waals surface area contributed by atoms with Crippen molar-refractivity contribution in [3.8, 4) is 11.5 Å². The zero-order valence-corrected chi connectivity index (χ0v) is 13.6. The Morgan fingerprint density at radius 3 is 3.00 bits per heavy atom. The number of para-hydroxylation sites is 1. The van der Waals surface area contributed by atoms with Crippen LogP contribution < -0.4 is 9.47 Å². The SMILES string of the molecule is Cc1ccnc([C@@H]2CCN(C(=O)c3cccc4c3OCCO4)C2)n1. The van der Waals surface area contributed by atoms with Crippen LogP contribution in [0.2, 0.25) is 0 Å². The molecule has 3 heterocycles. The Labute approximate surface area is 140 Å². The molecule has 4 rings (SSSR count). The van der Waals surface area contributed by atoms with Crippen molar-refractivity contribution in [3.63, 3.8) is 0 Å². The molecule has 0 bridgehead atoms. The summed E-state index contributed by atoms with van der Waals surface area (Å²) in [5.74, 6) is 2.19. The van der Waals surface area contributed by atoms with Gasteiger partial charge in [0.1, 0.15) is 19.0 Å². The lowest BCUT2D eigenvalue weighted by Crippen LogP contribution is -2.30. The van der Waals surface area contributed by atoms with Crippen LogP contribution in [0.5, 0.6) is 11.5 Å². The van der Waals surface area contributed by atoms with Crippen molar-refractivity contribution in [2.45, 2.75) is 19.3 Å². The van der Waals surface area contributed by atoms with Crippen LogP contribution in [0.25, 0.3) is 0 Å². The number of nitrogens with zero attached hydrogens (tertiary/aromatic N) is 3. The van der Waals surface area contributed by atoms with Crippen LogP contribution in [0.1, 0.15) is 34.2 Å². The minimum absolute atomic E-state index is 0.0208. The van der Waals surface area contributed by atoms with E-state index in [1.54, 1.807) is 12.3 Å². The molecule has 124 valence electrons. The van der Waals surface area contributed by atoms with E-state index in [1.165, 1.54) is 0 Å². The van der Waals surface area contributed by atoms with Crippen LogP contribution in [-0.2, 0) is 0 Å². The highest BCUT2D eigenvalue weighted by Gasteiger charge is 2.32. The Morgan fingerprint density at radius 2 is 2.12 bits per heavy atom. The van der Waals surface area contributed by atoms with E-state index in [2.05, 4.69) is 9.97 Å². The third-order valence-electron chi connectivity index (χ3n) is 4.45. The summed E-state index contributed by atoms with van der Waals surface area (Å²) in [5, 5.41) is 0. The molecule has 0 aliphatic carbocycles. The van der Waals surface area contributed by atoms with E-state index in [1.807, 2.05) is 30.0 Å². The molecule has 1 amide bonds. The van der Waals surface area contributed by atoms with Crippen LogP contribution >= 0.6 is 0 Å². The molecule has 1 fully saturated rings. The number of aryl methyl sites for hydroxylation is 1. The Morgan fingerprint density at radius 1 is 1.25 bits per heavy atom. The van der Waals surface area contributed by atoms with E-state index in [0.29, 0.717) is 43.4 Å². The van der Waals surface area contributed by atoms with E-state index in [-0.39, 0.29) is 11.8 Å². The van der Waals surface area contributed by atoms with Crippen molar-refractivity contribution in [3.05, 3.63) is 47.5 Å². The number of aromatic nitrogens is 2. The van der Waals surface area contributed by atoms with Gasteiger partial charge < -0.3 is 14.4 Å². The molecule has 1 atom stereocenters. The van der Waals surface area contributed by atoms with Crippen LogP contribution in [-0.4, -0.2) is 47.1 Å². The average Bonchev–Trinajstić information content (AvgIpc) is 3.11. The summed E-state index contributed by atoms with van der Waals surface area (Å²) in [4.78, 5) is 23.6. The lowest BCUT2D eigenvalue weighted by Gasteiger charge is -2.23. The minimum Gasteiger partial charge on any atom is -0.486 e. The summed E-state index contributed by atoms with van der Waals surface area (Å²) in [6.07, 6.45) is 2.66. The van der Waals surface area contributed by atoms with Gasteiger partial charge >= 0.3 is 0 Å². The van der Waals surface area contributed by atoms with Crippen molar-refractivity contribution in [2.75, 3.05) is 26.3 Å². The van der Waals surface area contributed by atoms with Gasteiger partial charge in [0.2, 0.25) is 0 Å². The smallest absolute Gasteiger partial charge is 0.257 e. The quantitative estimate of drug-likeness (QED) is 0.847. The maximum Gasteiger partial charge on any atom is 0.257 e. The number of ether oxygens (including phenoxy) is 2. The predicted octanol–water partition coefficient (Wildman–Crippen LogP) is 2.19. The van der Waals surface area contributed by atoms with Crippen molar-refractivity contribution in [1.82, 2.24) is 14.9 Å². The predicted molar refractivity (Wildman–Crippen MR) is 87.5 cm³/mol. The minimum atomic E-state index is -0.0208. The van der Waals surface area contributed by atoms with Gasteiger partial charge in [-0.25, -0.2) is 9.97 Å². The standard InChI is InChI=1S/C18H19N3O3/c1-12-5-7-19-17(20-12)13-6-8-21(11-13)18(22)14-3-2-4-15-16(14)24-10-9-23-15/h2-5,7,13H,6,8-11H2,1H3/t13-/m1/s1. The molecular formula is C18H19N3O3. The topological polar surface area (TPSA) is 64.6 Å². The Balaban J connectivity index is 1.54. The van der Waals surface area contributed by atoms with Crippen molar-refractivity contribution < 1.29 is 14.3 Å². The third kappa shape index (κ3) is 2.68. The number of carbonyl (C=O) groups is 1. The van der Waals surface area contributed by atoms with Crippen LogP contribution in [0.4, 0.5) is 0 Å². The van der Waals surface area contributed by atoms with Crippen LogP contribution in [0.15, 0.2) is 30.5 Å². The molecule has 0 saturated carbocycles. The van der Waals surface area contributed by atoms with E-state index < -0.39 is 0 Å². The van der Waals surface area contributed by atoms with Gasteiger partial charge in [-0.3, -0.25) is 4.79 Å². The number of hydrogen-bond acceptors (Lipinski definition) is 5. The number of carbonyl (C=O) groups excluding carboxylic acids is 1.